The number of halogens is 3. The van der Waals surface area contributed by atoms with Crippen LogP contribution in [0.5, 0.6) is 0 Å². The Morgan fingerprint density at radius 2 is 0.824 bits per heavy atom. The van der Waals surface area contributed by atoms with Gasteiger partial charge in [0.15, 0.2) is 18.9 Å². The van der Waals surface area contributed by atoms with Crippen LogP contribution in [0.3, 0.4) is 0 Å². The van der Waals surface area contributed by atoms with Crippen LogP contribution in [0.2, 0.25) is 0 Å². The molecule has 0 bridgehead atoms. The number of nitrogens with two attached hydrogens (primary N) is 1. The van der Waals surface area contributed by atoms with Crippen LogP contribution in [0.1, 0.15) is 145 Å². The zero-order chi connectivity index (χ0) is 76.5. The summed E-state index contributed by atoms with van der Waals surface area (Å²) in [6, 6.07) is 54.2. The van der Waals surface area contributed by atoms with Gasteiger partial charge in [-0.05, 0) is 146 Å². The second-order valence-electron chi connectivity index (χ2n) is 23.9. The normalized spacial score (nSPS) is 15.4. The highest BCUT2D eigenvalue weighted by Gasteiger charge is 2.28. The molecule has 3 saturated heterocycles. The van der Waals surface area contributed by atoms with Gasteiger partial charge in [-0.1, -0.05) is 174 Å². The van der Waals surface area contributed by atoms with Crippen molar-refractivity contribution in [3.63, 3.8) is 0 Å². The minimum absolute atomic E-state index is 0.0503. The molecule has 4 aliphatic heterocycles. The number of amides is 4. The Bertz CT molecular complexity index is 4190. The summed E-state index contributed by atoms with van der Waals surface area (Å²) in [5.41, 5.74) is 19.8. The number of carboxylic acids is 1. The van der Waals surface area contributed by atoms with Crippen molar-refractivity contribution in [3.8, 4) is 0 Å². The number of allylic oxidation sites excluding steroid dienone is 1. The van der Waals surface area contributed by atoms with E-state index in [0.717, 1.165) is 100 Å². The van der Waals surface area contributed by atoms with Crippen molar-refractivity contribution < 1.29 is 67.7 Å². The molecule has 564 valence electrons. The van der Waals surface area contributed by atoms with Crippen molar-refractivity contribution in [2.24, 2.45) is 5.11 Å². The van der Waals surface area contributed by atoms with Gasteiger partial charge >= 0.3 is 5.97 Å². The molecule has 27 nitrogen and oxygen atoms in total. The number of nitrogens with zero attached hydrogens (tertiary/aromatic N) is 12. The fraction of sp³-hybridized carbons (Fsp3) is 0.282. The summed E-state index contributed by atoms with van der Waals surface area (Å²) in [5, 5.41) is 26.3. The van der Waals surface area contributed by atoms with Gasteiger partial charge in [-0.25, -0.2) is 44.5 Å². The van der Waals surface area contributed by atoms with Crippen LogP contribution in [0.4, 0.5) is 11.4 Å². The summed E-state index contributed by atoms with van der Waals surface area (Å²) < 4.78 is 24.0. The zero-order valence-corrected chi connectivity index (χ0v) is 63.7. The van der Waals surface area contributed by atoms with Crippen LogP contribution in [0.25, 0.3) is 10.4 Å². The quantitative estimate of drug-likeness (QED) is 0.0210. The Hall–Kier alpha value is -10.2. The first-order chi connectivity index (χ1) is 52.6. The lowest BCUT2D eigenvalue weighted by atomic mass is 10.2. The van der Waals surface area contributed by atoms with Gasteiger partial charge in [-0.15, -0.1) is 0 Å². The third kappa shape index (κ3) is 30.2. The summed E-state index contributed by atoms with van der Waals surface area (Å²) >= 11 is 9.75. The molecule has 0 radical (unpaired) electrons. The average molecular weight is 1670 g/mol. The predicted octanol–water partition coefficient (Wildman–Crippen LogP) is 16.6. The number of ether oxygens (including phenoxy) is 4. The number of aromatic nitrogens is 5. The maximum absolute atomic E-state index is 12.9. The Kier molecular flexibility index (Phi) is 36.1. The van der Waals surface area contributed by atoms with Gasteiger partial charge in [-0.3, -0.25) is 44.3 Å². The molecule has 4 aliphatic rings. The summed E-state index contributed by atoms with van der Waals surface area (Å²) in [7, 11) is 0. The Morgan fingerprint density at radius 1 is 0.463 bits per heavy atom. The fourth-order valence-corrected chi connectivity index (χ4v) is 11.1. The van der Waals surface area contributed by atoms with E-state index in [1.54, 1.807) is 54.9 Å². The summed E-state index contributed by atoms with van der Waals surface area (Å²) in [4.78, 5) is 101. The van der Waals surface area contributed by atoms with Crippen molar-refractivity contribution >= 4 is 88.8 Å². The molecule has 3 atom stereocenters. The van der Waals surface area contributed by atoms with E-state index in [0.29, 0.717) is 55.0 Å². The molecular weight excluding hydrogens is 1580 g/mol. The van der Waals surface area contributed by atoms with Crippen molar-refractivity contribution in [2.45, 2.75) is 116 Å². The number of anilines is 1. The topological polar surface area (TPSA) is 343 Å². The van der Waals surface area contributed by atoms with Gasteiger partial charge in [-0.2, -0.15) is 0 Å². The molecule has 108 heavy (non-hydrogen) atoms. The molecule has 4 N–H and O–H groups in total. The Labute approximate surface area is 650 Å². The van der Waals surface area contributed by atoms with Gasteiger partial charge in [0.1, 0.15) is 28.5 Å². The number of aromatic carboxylic acids is 1. The van der Waals surface area contributed by atoms with Gasteiger partial charge in [0, 0.05) is 99.8 Å². The lowest BCUT2D eigenvalue weighted by Crippen LogP contribution is -2.37. The Balaban J connectivity index is 0.000000170. The molecule has 0 spiro atoms. The van der Waals surface area contributed by atoms with E-state index in [9.17, 15) is 29.2 Å². The minimum Gasteiger partial charge on any atom is -0.502 e. The molecule has 0 saturated carbocycles. The van der Waals surface area contributed by atoms with Crippen LogP contribution < -0.4 is 5.73 Å². The number of benzene rings is 4. The van der Waals surface area contributed by atoms with Crippen molar-refractivity contribution in [1.29, 1.82) is 0 Å². The third-order valence-corrected chi connectivity index (χ3v) is 17.0. The molecular formula is C78H82Br3N13O14. The van der Waals surface area contributed by atoms with E-state index < -0.39 is 36.7 Å². The highest BCUT2D eigenvalue weighted by molar-refractivity contribution is 9.11. The SMILES string of the molecule is C1=COCCC1.Nc1ccnc(C(=O)N(Cc2ccccc2)OC2CCCCO2)c1.O=C(O)c1cc(Br)ccn1.O=C(c1cc(Br)ccn1)N(Cc1ccccc1)OC1CCCCO1.O=C(c1cc(Br)ccn1)N(O)Cc1ccccc1.[N-]=[N+]=Nc1ccnc(C(=O)N(Cc2ccccc2)OC2CCCCO2)c1. The fourth-order valence-electron chi connectivity index (χ4n) is 10.1. The minimum atomic E-state index is -1.01. The molecule has 0 aliphatic carbocycles. The first kappa shape index (κ1) is 83.4. The van der Waals surface area contributed by atoms with Crippen molar-refractivity contribution in [1.82, 2.24) is 45.2 Å². The molecule has 5 aromatic heterocycles. The number of hydrogen-bond acceptors (Lipinski definition) is 20. The molecule has 4 amide bonds. The smallest absolute Gasteiger partial charge is 0.354 e. The predicted molar refractivity (Wildman–Crippen MR) is 410 cm³/mol. The van der Waals surface area contributed by atoms with E-state index in [2.05, 4.69) is 82.7 Å². The van der Waals surface area contributed by atoms with Crippen molar-refractivity contribution in [3.05, 3.63) is 300 Å². The number of azide groups is 1. The van der Waals surface area contributed by atoms with Gasteiger partial charge in [0.2, 0.25) is 0 Å². The van der Waals surface area contributed by atoms with Gasteiger partial charge in [0.25, 0.3) is 23.6 Å². The molecule has 3 fully saturated rings. The average Bonchev–Trinajstić information content (AvgIpc) is 0.857. The number of rotatable bonds is 20. The first-order valence-corrected chi connectivity index (χ1v) is 37.0. The molecule has 13 rings (SSSR count). The molecule has 30 heteroatoms. The summed E-state index contributed by atoms with van der Waals surface area (Å²) in [5.74, 6) is -2.57. The summed E-state index contributed by atoms with van der Waals surface area (Å²) in [6.07, 6.45) is 20.8. The van der Waals surface area contributed by atoms with E-state index in [4.69, 9.17) is 49.8 Å². The number of carboxylic acid groups (broad SMARTS) is 1. The monoisotopic (exact) mass is 1660 g/mol. The number of nitrogen functional groups attached to an aromatic ring is 1. The lowest BCUT2D eigenvalue weighted by Gasteiger charge is -2.29. The van der Waals surface area contributed by atoms with Gasteiger partial charge < -0.3 is 29.8 Å². The zero-order valence-electron chi connectivity index (χ0n) is 58.9. The van der Waals surface area contributed by atoms with E-state index in [1.807, 2.05) is 127 Å². The second kappa shape index (κ2) is 46.8. The number of carbonyl (C=O) groups excluding carboxylic acids is 4. The molecule has 9 heterocycles. The molecule has 4 aromatic carbocycles. The van der Waals surface area contributed by atoms with E-state index >= 15 is 0 Å². The Morgan fingerprint density at radius 3 is 1.15 bits per heavy atom. The van der Waals surface area contributed by atoms with Crippen LogP contribution >= 0.6 is 47.8 Å². The van der Waals surface area contributed by atoms with E-state index in [-0.39, 0.29) is 47.7 Å². The van der Waals surface area contributed by atoms with Crippen LogP contribution in [0.15, 0.2) is 244 Å². The number of carbonyl (C=O) groups is 5. The van der Waals surface area contributed by atoms with Gasteiger partial charge in [0.05, 0.1) is 39.0 Å². The molecule has 9 aromatic rings. The van der Waals surface area contributed by atoms with Crippen LogP contribution in [-0.2, 0) is 59.6 Å². The summed E-state index contributed by atoms with van der Waals surface area (Å²) in [6.45, 7) is 3.88. The standard InChI is InChI=1S/C18H19BrN2O3.C18H19N5O3.C18H21N3O3.C13H11BrN2O2.C6H4BrNO2.C5H8O/c19-15-9-10-20-16(12-15)18(22)21(13-14-6-2-1-3-7-14)24-17-8-4-5-11-23-17;19-22-21-15-9-10-20-16(12-15)18(24)23(13-14-6-2-1-3-7-14)26-17-8-4-5-11-25-17;19-15-9-10-20-16(12-15)18(22)21(13-14-6-2-1-3-7-14)24-17-8-4-5-11-23-17;14-11-6-7-15-12(8-11)13(17)16(18)9-10-4-2-1-3-5-10;7-4-1-2-8-5(3-4)6(9)10;1-2-4-6-5-3-1/h1-3,6-7,9-10,12,17H,4-5,8,11,13H2;1-3,6-7,9-10,12,17H,4-5,8,11,13H2;1-3,6-7,9-10,12,17H,4-5,8,11,13H2,(H2,19,20);1-8,18H,9H2;1-3H,(H,9,10);2,4H,1,3,5H2. The number of hydroxylamine groups is 8. The lowest BCUT2D eigenvalue weighted by molar-refractivity contribution is -0.270. The highest BCUT2D eigenvalue weighted by atomic mass is 79.9. The highest BCUT2D eigenvalue weighted by Crippen LogP contribution is 2.24. The second-order valence-corrected chi connectivity index (χ2v) is 26.6. The third-order valence-electron chi connectivity index (χ3n) is 15.5. The van der Waals surface area contributed by atoms with Crippen LogP contribution in [-0.4, -0.2) is 130 Å². The largest absolute Gasteiger partial charge is 0.502 e. The maximum atomic E-state index is 12.9. The van der Waals surface area contributed by atoms with Crippen molar-refractivity contribution in [2.75, 3.05) is 32.2 Å². The van der Waals surface area contributed by atoms with E-state index in [1.165, 1.54) is 71.0 Å². The first-order valence-electron chi connectivity index (χ1n) is 34.6. The number of hydrogen-bond donors (Lipinski definition) is 3. The number of pyridine rings is 5. The van der Waals surface area contributed by atoms with Crippen LogP contribution in [0, 0.1) is 0 Å². The molecule has 3 unspecified atom stereocenters. The maximum Gasteiger partial charge on any atom is 0.354 e.